The lowest BCUT2D eigenvalue weighted by Gasteiger charge is -2.05. The number of H-pyrrole nitrogens is 1. The van der Waals surface area contributed by atoms with Gasteiger partial charge in [0.15, 0.2) is 0 Å². The minimum atomic E-state index is -0.0761. The third kappa shape index (κ3) is 2.74. The van der Waals surface area contributed by atoms with E-state index in [1.807, 2.05) is 26.0 Å². The molecule has 0 aliphatic rings. The molecule has 0 aliphatic heterocycles. The maximum Gasteiger partial charge on any atom is 0.255 e. The zero-order valence-corrected chi connectivity index (χ0v) is 10.5. The Morgan fingerprint density at radius 3 is 2.67 bits per heavy atom. The quantitative estimate of drug-likeness (QED) is 0.854. The first-order chi connectivity index (χ1) is 8.68. The molecule has 0 radical (unpaired) electrons. The van der Waals surface area contributed by atoms with Crippen LogP contribution in [0.5, 0.6) is 0 Å². The van der Waals surface area contributed by atoms with Crippen molar-refractivity contribution in [1.82, 2.24) is 20.5 Å². The monoisotopic (exact) mass is 244 g/mol. The second-order valence-corrected chi connectivity index (χ2v) is 4.17. The molecule has 2 rings (SSSR count). The highest BCUT2D eigenvalue weighted by Gasteiger charge is 2.14. The van der Waals surface area contributed by atoms with Crippen molar-refractivity contribution in [2.75, 3.05) is 6.54 Å². The molecule has 2 aromatic heterocycles. The highest BCUT2D eigenvalue weighted by atomic mass is 16.1. The average Bonchev–Trinajstić information content (AvgIpc) is 2.70. The fourth-order valence-corrected chi connectivity index (χ4v) is 1.84. The molecule has 0 spiro atoms. The molecule has 2 heterocycles. The summed E-state index contributed by atoms with van der Waals surface area (Å²) in [6.45, 7) is 4.27. The first kappa shape index (κ1) is 12.3. The number of carbonyl (C=O) groups excluding carboxylic acids is 1. The third-order valence-electron chi connectivity index (χ3n) is 2.80. The lowest BCUT2D eigenvalue weighted by Crippen LogP contribution is -2.26. The van der Waals surface area contributed by atoms with Gasteiger partial charge in [0.2, 0.25) is 0 Å². The standard InChI is InChI=1S/C13H16N4O/c1-9-12(10(2)17-16-9)13(18)15-8-5-11-3-6-14-7-4-11/h3-4,6-7H,5,8H2,1-2H3,(H,15,18)(H,16,17). The molecule has 5 heteroatoms. The summed E-state index contributed by atoms with van der Waals surface area (Å²) >= 11 is 0. The van der Waals surface area contributed by atoms with E-state index >= 15 is 0 Å². The van der Waals surface area contributed by atoms with E-state index in [-0.39, 0.29) is 5.91 Å². The first-order valence-corrected chi connectivity index (χ1v) is 5.87. The Morgan fingerprint density at radius 1 is 1.33 bits per heavy atom. The summed E-state index contributed by atoms with van der Waals surface area (Å²) in [6, 6.07) is 3.89. The smallest absolute Gasteiger partial charge is 0.255 e. The summed E-state index contributed by atoms with van der Waals surface area (Å²) in [5.74, 6) is -0.0761. The number of aromatic amines is 1. The van der Waals surface area contributed by atoms with Crippen LogP contribution in [0.15, 0.2) is 24.5 Å². The van der Waals surface area contributed by atoms with Gasteiger partial charge < -0.3 is 5.32 Å². The van der Waals surface area contributed by atoms with Gasteiger partial charge in [-0.15, -0.1) is 0 Å². The van der Waals surface area contributed by atoms with E-state index in [1.54, 1.807) is 12.4 Å². The van der Waals surface area contributed by atoms with Crippen molar-refractivity contribution in [2.45, 2.75) is 20.3 Å². The molecule has 5 nitrogen and oxygen atoms in total. The van der Waals surface area contributed by atoms with E-state index < -0.39 is 0 Å². The Morgan fingerprint density at radius 2 is 2.06 bits per heavy atom. The Hall–Kier alpha value is -2.17. The topological polar surface area (TPSA) is 70.7 Å². The molecular weight excluding hydrogens is 228 g/mol. The van der Waals surface area contributed by atoms with Gasteiger partial charge >= 0.3 is 0 Å². The maximum atomic E-state index is 12.0. The van der Waals surface area contributed by atoms with Gasteiger partial charge in [0, 0.05) is 24.6 Å². The molecule has 2 aromatic rings. The number of aryl methyl sites for hydroxylation is 2. The van der Waals surface area contributed by atoms with Crippen LogP contribution in [0, 0.1) is 13.8 Å². The van der Waals surface area contributed by atoms with Crippen LogP contribution in [0.4, 0.5) is 0 Å². The van der Waals surface area contributed by atoms with E-state index in [2.05, 4.69) is 20.5 Å². The van der Waals surface area contributed by atoms with Gasteiger partial charge in [-0.3, -0.25) is 14.9 Å². The second-order valence-electron chi connectivity index (χ2n) is 4.17. The Kier molecular flexibility index (Phi) is 3.72. The fraction of sp³-hybridized carbons (Fsp3) is 0.308. The predicted octanol–water partition coefficient (Wildman–Crippen LogP) is 1.39. The molecule has 18 heavy (non-hydrogen) atoms. The van der Waals surface area contributed by atoms with Crippen molar-refractivity contribution < 1.29 is 4.79 Å². The summed E-state index contributed by atoms with van der Waals surface area (Å²) < 4.78 is 0. The third-order valence-corrected chi connectivity index (χ3v) is 2.80. The molecule has 0 fully saturated rings. The van der Waals surface area contributed by atoms with Crippen LogP contribution in [0.25, 0.3) is 0 Å². The molecule has 0 aromatic carbocycles. The van der Waals surface area contributed by atoms with Gasteiger partial charge in [0.05, 0.1) is 11.3 Å². The summed E-state index contributed by atoms with van der Waals surface area (Å²) in [5, 5.41) is 9.71. The van der Waals surface area contributed by atoms with Crippen LogP contribution in [-0.2, 0) is 6.42 Å². The number of nitrogens with one attached hydrogen (secondary N) is 2. The van der Waals surface area contributed by atoms with E-state index in [0.29, 0.717) is 12.1 Å². The largest absolute Gasteiger partial charge is 0.352 e. The van der Waals surface area contributed by atoms with Crippen molar-refractivity contribution in [2.24, 2.45) is 0 Å². The SMILES string of the molecule is Cc1n[nH]c(C)c1C(=O)NCCc1ccncc1. The number of carbonyl (C=O) groups is 1. The summed E-state index contributed by atoms with van der Waals surface area (Å²) in [6.07, 6.45) is 4.30. The van der Waals surface area contributed by atoms with Crippen LogP contribution in [0.1, 0.15) is 27.3 Å². The summed E-state index contributed by atoms with van der Waals surface area (Å²) in [7, 11) is 0. The van der Waals surface area contributed by atoms with Crippen LogP contribution in [-0.4, -0.2) is 27.6 Å². The normalized spacial score (nSPS) is 10.3. The predicted molar refractivity (Wildman–Crippen MR) is 68.3 cm³/mol. The van der Waals surface area contributed by atoms with Crippen LogP contribution >= 0.6 is 0 Å². The van der Waals surface area contributed by atoms with E-state index in [0.717, 1.165) is 23.4 Å². The molecule has 94 valence electrons. The van der Waals surface area contributed by atoms with E-state index in [9.17, 15) is 4.79 Å². The van der Waals surface area contributed by atoms with Crippen LogP contribution < -0.4 is 5.32 Å². The molecule has 1 amide bonds. The van der Waals surface area contributed by atoms with Gasteiger partial charge in [-0.1, -0.05) is 0 Å². The van der Waals surface area contributed by atoms with E-state index in [1.165, 1.54) is 0 Å². The second kappa shape index (κ2) is 5.44. The molecule has 0 saturated heterocycles. The van der Waals surface area contributed by atoms with Crippen molar-refractivity contribution in [3.05, 3.63) is 47.0 Å². The molecular formula is C13H16N4O. The van der Waals surface area contributed by atoms with Gasteiger partial charge in [-0.05, 0) is 38.0 Å². The Labute approximate surface area is 106 Å². The maximum absolute atomic E-state index is 12.0. The Bertz CT molecular complexity index is 514. The number of nitrogens with zero attached hydrogens (tertiary/aromatic N) is 2. The zero-order chi connectivity index (χ0) is 13.0. The van der Waals surface area contributed by atoms with Crippen molar-refractivity contribution in [3.8, 4) is 0 Å². The number of pyridine rings is 1. The van der Waals surface area contributed by atoms with Gasteiger partial charge in [-0.2, -0.15) is 5.10 Å². The first-order valence-electron chi connectivity index (χ1n) is 5.87. The Balaban J connectivity index is 1.90. The highest BCUT2D eigenvalue weighted by Crippen LogP contribution is 2.08. The van der Waals surface area contributed by atoms with Crippen molar-refractivity contribution in [3.63, 3.8) is 0 Å². The molecule has 0 atom stereocenters. The molecule has 0 unspecified atom stereocenters. The molecule has 0 aliphatic carbocycles. The number of rotatable bonds is 4. The van der Waals surface area contributed by atoms with Crippen LogP contribution in [0.2, 0.25) is 0 Å². The average molecular weight is 244 g/mol. The van der Waals surface area contributed by atoms with Crippen LogP contribution in [0.3, 0.4) is 0 Å². The molecule has 0 bridgehead atoms. The lowest BCUT2D eigenvalue weighted by atomic mass is 10.1. The molecule has 2 N–H and O–H groups in total. The number of aromatic nitrogens is 3. The van der Waals surface area contributed by atoms with Gasteiger partial charge in [0.25, 0.3) is 5.91 Å². The number of hydrogen-bond acceptors (Lipinski definition) is 3. The summed E-state index contributed by atoms with van der Waals surface area (Å²) in [4.78, 5) is 15.9. The number of hydrogen-bond donors (Lipinski definition) is 2. The summed E-state index contributed by atoms with van der Waals surface area (Å²) in [5.41, 5.74) is 3.33. The van der Waals surface area contributed by atoms with Crippen molar-refractivity contribution >= 4 is 5.91 Å². The highest BCUT2D eigenvalue weighted by molar-refractivity contribution is 5.96. The van der Waals surface area contributed by atoms with Crippen molar-refractivity contribution in [1.29, 1.82) is 0 Å². The number of amides is 1. The minimum Gasteiger partial charge on any atom is -0.352 e. The molecule has 0 saturated carbocycles. The van der Waals surface area contributed by atoms with Gasteiger partial charge in [-0.25, -0.2) is 0 Å². The minimum absolute atomic E-state index is 0.0761. The lowest BCUT2D eigenvalue weighted by molar-refractivity contribution is 0.0953. The fourth-order valence-electron chi connectivity index (χ4n) is 1.84. The van der Waals surface area contributed by atoms with Gasteiger partial charge in [0.1, 0.15) is 0 Å². The zero-order valence-electron chi connectivity index (χ0n) is 10.5. The van der Waals surface area contributed by atoms with E-state index in [4.69, 9.17) is 0 Å².